The van der Waals surface area contributed by atoms with Crippen molar-refractivity contribution in [2.45, 2.75) is 32.5 Å². The highest BCUT2D eigenvalue weighted by Gasteiger charge is 2.38. The summed E-state index contributed by atoms with van der Waals surface area (Å²) in [6.45, 7) is 5.40. The van der Waals surface area contributed by atoms with E-state index in [1.54, 1.807) is 6.33 Å². The Morgan fingerprint density at radius 3 is 2.59 bits per heavy atom. The minimum Gasteiger partial charge on any atom is -0.475 e. The number of hydrogen-bond acceptors (Lipinski definition) is 6. The summed E-state index contributed by atoms with van der Waals surface area (Å²) in [7, 11) is 0. The molecule has 4 rings (SSSR count). The van der Waals surface area contributed by atoms with E-state index in [4.69, 9.17) is 19.4 Å². The number of nitrogens with zero attached hydrogens (tertiary/aromatic N) is 3. The van der Waals surface area contributed by atoms with Crippen LogP contribution in [0.1, 0.15) is 22.5 Å². The molecule has 0 spiro atoms. The molecule has 1 aromatic carbocycles. The molecule has 0 unspecified atom stereocenters. The molecule has 7 nitrogen and oxygen atoms in total. The minimum atomic E-state index is -5.08. The zero-order chi connectivity index (χ0) is 21.0. The Morgan fingerprint density at radius 2 is 1.86 bits per heavy atom. The molecule has 10 heteroatoms. The number of aromatic nitrogens is 2. The van der Waals surface area contributed by atoms with Crippen molar-refractivity contribution in [2.24, 2.45) is 0 Å². The molecule has 29 heavy (non-hydrogen) atoms. The van der Waals surface area contributed by atoms with Crippen LogP contribution in [0.15, 0.2) is 24.5 Å². The van der Waals surface area contributed by atoms with Crippen LogP contribution < -0.4 is 9.47 Å². The van der Waals surface area contributed by atoms with Gasteiger partial charge in [0.15, 0.2) is 11.5 Å². The standard InChI is InChI=1S/C17H19N3O2.C2HF3O2/c1-12-14-4-6-20(7-5-15(14)19-10-18-12)9-13-2-3-16-17(8-13)22-11-21-16;3-2(4,5)1(6)7/h2-3,8,10H,4-7,9,11H2,1H3;(H,6,7). The number of benzene rings is 1. The van der Waals surface area contributed by atoms with Crippen LogP contribution in [0, 0.1) is 6.92 Å². The number of carboxylic acid groups (broad SMARTS) is 1. The van der Waals surface area contributed by atoms with Gasteiger partial charge in [0.25, 0.3) is 0 Å². The fourth-order valence-electron chi connectivity index (χ4n) is 3.19. The van der Waals surface area contributed by atoms with Crippen molar-refractivity contribution in [3.63, 3.8) is 0 Å². The second-order valence-electron chi connectivity index (χ2n) is 6.65. The highest BCUT2D eigenvalue weighted by atomic mass is 19.4. The highest BCUT2D eigenvalue weighted by Crippen LogP contribution is 2.33. The molecule has 0 bridgehead atoms. The number of ether oxygens (including phenoxy) is 2. The lowest BCUT2D eigenvalue weighted by atomic mass is 10.1. The van der Waals surface area contributed by atoms with E-state index in [2.05, 4.69) is 33.9 Å². The van der Waals surface area contributed by atoms with E-state index in [1.807, 2.05) is 6.07 Å². The van der Waals surface area contributed by atoms with E-state index < -0.39 is 12.1 Å². The first kappa shape index (κ1) is 20.8. The smallest absolute Gasteiger partial charge is 0.475 e. The van der Waals surface area contributed by atoms with Crippen LogP contribution in [0.3, 0.4) is 0 Å². The largest absolute Gasteiger partial charge is 0.490 e. The van der Waals surface area contributed by atoms with E-state index in [0.717, 1.165) is 49.7 Å². The maximum atomic E-state index is 10.6. The molecule has 0 saturated carbocycles. The summed E-state index contributed by atoms with van der Waals surface area (Å²) in [6.07, 6.45) is -1.39. The fourth-order valence-corrected chi connectivity index (χ4v) is 3.19. The predicted octanol–water partition coefficient (Wildman–Crippen LogP) is 2.75. The van der Waals surface area contributed by atoms with Crippen LogP contribution in [-0.4, -0.2) is 52.0 Å². The number of rotatable bonds is 2. The molecule has 0 fully saturated rings. The number of halogens is 3. The van der Waals surface area contributed by atoms with Crippen LogP contribution in [-0.2, 0) is 24.2 Å². The predicted molar refractivity (Wildman–Crippen MR) is 95.7 cm³/mol. The monoisotopic (exact) mass is 411 g/mol. The van der Waals surface area contributed by atoms with Gasteiger partial charge < -0.3 is 14.6 Å². The van der Waals surface area contributed by atoms with Crippen molar-refractivity contribution in [3.05, 3.63) is 47.0 Å². The van der Waals surface area contributed by atoms with E-state index in [9.17, 15) is 13.2 Å². The summed E-state index contributed by atoms with van der Waals surface area (Å²) in [5, 5.41) is 7.12. The first-order valence-electron chi connectivity index (χ1n) is 8.94. The zero-order valence-corrected chi connectivity index (χ0v) is 15.7. The second-order valence-corrected chi connectivity index (χ2v) is 6.65. The van der Waals surface area contributed by atoms with Gasteiger partial charge in [-0.25, -0.2) is 14.8 Å². The molecule has 2 aliphatic heterocycles. The number of fused-ring (bicyclic) bond motifs is 2. The van der Waals surface area contributed by atoms with Gasteiger partial charge in [-0.15, -0.1) is 0 Å². The van der Waals surface area contributed by atoms with E-state index in [-0.39, 0.29) is 0 Å². The molecule has 0 amide bonds. The lowest BCUT2D eigenvalue weighted by Gasteiger charge is -2.19. The number of aliphatic carboxylic acids is 1. The van der Waals surface area contributed by atoms with Crippen LogP contribution in [0.5, 0.6) is 11.5 Å². The molecular formula is C19H20F3N3O4. The Labute approximate surface area is 165 Å². The number of carboxylic acids is 1. The molecule has 1 N–H and O–H groups in total. The summed E-state index contributed by atoms with van der Waals surface area (Å²) < 4.78 is 42.6. The normalized spacial score (nSPS) is 15.7. The van der Waals surface area contributed by atoms with Crippen LogP contribution >= 0.6 is 0 Å². The minimum absolute atomic E-state index is 0.329. The Hall–Kier alpha value is -2.88. The summed E-state index contributed by atoms with van der Waals surface area (Å²) in [5.41, 5.74) is 4.92. The van der Waals surface area contributed by atoms with Crippen LogP contribution in [0.25, 0.3) is 0 Å². The third kappa shape index (κ3) is 5.35. The molecule has 0 saturated heterocycles. The first-order valence-corrected chi connectivity index (χ1v) is 8.94. The lowest BCUT2D eigenvalue weighted by Crippen LogP contribution is -2.25. The number of alkyl halides is 3. The molecule has 0 aliphatic carbocycles. The van der Waals surface area contributed by atoms with Gasteiger partial charge in [0, 0.05) is 37.4 Å². The summed E-state index contributed by atoms with van der Waals surface area (Å²) >= 11 is 0. The first-order chi connectivity index (χ1) is 13.7. The van der Waals surface area contributed by atoms with E-state index in [0.29, 0.717) is 6.79 Å². The molecule has 2 aliphatic rings. The summed E-state index contributed by atoms with van der Waals surface area (Å²) in [5.74, 6) is -1.05. The lowest BCUT2D eigenvalue weighted by molar-refractivity contribution is -0.192. The molecular weight excluding hydrogens is 391 g/mol. The van der Waals surface area contributed by atoms with Crippen molar-refractivity contribution < 1.29 is 32.5 Å². The maximum absolute atomic E-state index is 10.6. The summed E-state index contributed by atoms with van der Waals surface area (Å²) in [4.78, 5) is 20.1. The SMILES string of the molecule is Cc1ncnc2c1CCN(Cc1ccc3c(c1)OCO3)CC2.O=C(O)C(F)(F)F. The third-order valence-corrected chi connectivity index (χ3v) is 4.68. The van der Waals surface area contributed by atoms with Gasteiger partial charge in [-0.2, -0.15) is 13.2 Å². The van der Waals surface area contributed by atoms with Gasteiger partial charge >= 0.3 is 12.1 Å². The second kappa shape index (κ2) is 8.64. The molecule has 3 heterocycles. The number of aryl methyl sites for hydroxylation is 1. The molecule has 2 aromatic rings. The average Bonchev–Trinajstić information content (AvgIpc) is 3.02. The van der Waals surface area contributed by atoms with Gasteiger partial charge in [-0.3, -0.25) is 4.90 Å². The van der Waals surface area contributed by atoms with Crippen molar-refractivity contribution >= 4 is 5.97 Å². The zero-order valence-electron chi connectivity index (χ0n) is 15.7. The number of carbonyl (C=O) groups is 1. The molecule has 0 radical (unpaired) electrons. The average molecular weight is 411 g/mol. The molecule has 156 valence electrons. The maximum Gasteiger partial charge on any atom is 0.490 e. The van der Waals surface area contributed by atoms with Gasteiger partial charge in [0.1, 0.15) is 6.33 Å². The molecule has 0 atom stereocenters. The van der Waals surface area contributed by atoms with Gasteiger partial charge in [0.2, 0.25) is 6.79 Å². The fraction of sp³-hybridized carbons (Fsp3) is 0.421. The van der Waals surface area contributed by atoms with Gasteiger partial charge in [-0.1, -0.05) is 6.07 Å². The Bertz CT molecular complexity index is 889. The number of hydrogen-bond donors (Lipinski definition) is 1. The van der Waals surface area contributed by atoms with Crippen LogP contribution in [0.2, 0.25) is 0 Å². The molecule has 1 aromatic heterocycles. The van der Waals surface area contributed by atoms with E-state index >= 15 is 0 Å². The van der Waals surface area contributed by atoms with Crippen molar-refractivity contribution in [3.8, 4) is 11.5 Å². The van der Waals surface area contributed by atoms with Crippen molar-refractivity contribution in [1.82, 2.24) is 14.9 Å². The Morgan fingerprint density at radius 1 is 1.17 bits per heavy atom. The van der Waals surface area contributed by atoms with Crippen molar-refractivity contribution in [2.75, 3.05) is 19.9 Å². The van der Waals surface area contributed by atoms with Gasteiger partial charge in [0.05, 0.1) is 0 Å². The Balaban J connectivity index is 0.000000298. The third-order valence-electron chi connectivity index (χ3n) is 4.68. The topological polar surface area (TPSA) is 84.8 Å². The quantitative estimate of drug-likeness (QED) is 0.813. The van der Waals surface area contributed by atoms with Crippen molar-refractivity contribution in [1.29, 1.82) is 0 Å². The van der Waals surface area contributed by atoms with Crippen LogP contribution in [0.4, 0.5) is 13.2 Å². The highest BCUT2D eigenvalue weighted by molar-refractivity contribution is 5.73. The van der Waals surface area contributed by atoms with Gasteiger partial charge in [-0.05, 0) is 36.6 Å². The van der Waals surface area contributed by atoms with E-state index in [1.165, 1.54) is 16.8 Å². The Kier molecular flexibility index (Phi) is 6.21. The summed E-state index contributed by atoms with van der Waals surface area (Å²) in [6, 6.07) is 6.21.